The summed E-state index contributed by atoms with van der Waals surface area (Å²) in [5.74, 6) is 1.03. The lowest BCUT2D eigenvalue weighted by Gasteiger charge is -2.53. The summed E-state index contributed by atoms with van der Waals surface area (Å²) in [6, 6.07) is 6.68. The van der Waals surface area contributed by atoms with Crippen LogP contribution in [0.25, 0.3) is 0 Å². The van der Waals surface area contributed by atoms with Gasteiger partial charge >= 0.3 is 0 Å². The van der Waals surface area contributed by atoms with Crippen molar-refractivity contribution in [1.29, 1.82) is 0 Å². The number of benzene rings is 1. The number of hydrogen-bond donors (Lipinski definition) is 1. The molecule has 100 valence electrons. The van der Waals surface area contributed by atoms with Gasteiger partial charge in [-0.25, -0.2) is 0 Å². The van der Waals surface area contributed by atoms with E-state index in [0.29, 0.717) is 6.04 Å². The van der Waals surface area contributed by atoms with Crippen molar-refractivity contribution in [2.24, 2.45) is 11.1 Å². The highest BCUT2D eigenvalue weighted by Crippen LogP contribution is 2.48. The maximum absolute atomic E-state index is 6.25. The van der Waals surface area contributed by atoms with Gasteiger partial charge in [0.1, 0.15) is 11.9 Å². The molecule has 0 saturated heterocycles. The van der Waals surface area contributed by atoms with E-state index in [1.165, 1.54) is 11.1 Å². The second kappa shape index (κ2) is 4.93. The van der Waals surface area contributed by atoms with E-state index in [-0.39, 0.29) is 11.5 Å². The van der Waals surface area contributed by atoms with Crippen LogP contribution in [-0.4, -0.2) is 12.1 Å². The third-order valence-corrected chi connectivity index (χ3v) is 4.78. The van der Waals surface area contributed by atoms with Gasteiger partial charge in [-0.2, -0.15) is 0 Å². The SMILES string of the molecule is CCC1(CC)C(N)CC1Oc1cc(C)ccc1C. The highest BCUT2D eigenvalue weighted by atomic mass is 16.5. The Morgan fingerprint density at radius 2 is 1.94 bits per heavy atom. The minimum atomic E-state index is 0.177. The van der Waals surface area contributed by atoms with Gasteiger partial charge in [-0.15, -0.1) is 0 Å². The maximum atomic E-state index is 6.25. The van der Waals surface area contributed by atoms with E-state index >= 15 is 0 Å². The topological polar surface area (TPSA) is 35.2 Å². The number of rotatable bonds is 4. The Kier molecular flexibility index (Phi) is 3.67. The molecule has 0 radical (unpaired) electrons. The number of ether oxygens (including phenoxy) is 1. The molecule has 2 atom stereocenters. The molecular formula is C16H25NO. The van der Waals surface area contributed by atoms with Crippen molar-refractivity contribution in [3.63, 3.8) is 0 Å². The fraction of sp³-hybridized carbons (Fsp3) is 0.625. The van der Waals surface area contributed by atoms with Gasteiger partial charge in [0.2, 0.25) is 0 Å². The maximum Gasteiger partial charge on any atom is 0.122 e. The Morgan fingerprint density at radius 1 is 1.28 bits per heavy atom. The molecule has 0 aliphatic heterocycles. The first-order valence-corrected chi connectivity index (χ1v) is 7.03. The summed E-state index contributed by atoms with van der Waals surface area (Å²) in [7, 11) is 0. The molecule has 0 heterocycles. The molecule has 18 heavy (non-hydrogen) atoms. The summed E-state index contributed by atoms with van der Waals surface area (Å²) in [6.45, 7) is 8.66. The lowest BCUT2D eigenvalue weighted by atomic mass is 9.59. The molecule has 2 unspecified atom stereocenters. The first kappa shape index (κ1) is 13.4. The van der Waals surface area contributed by atoms with Crippen molar-refractivity contribution in [2.45, 2.75) is 59.1 Å². The van der Waals surface area contributed by atoms with Crippen LogP contribution in [-0.2, 0) is 0 Å². The zero-order chi connectivity index (χ0) is 13.3. The smallest absolute Gasteiger partial charge is 0.122 e. The van der Waals surface area contributed by atoms with Gasteiger partial charge in [-0.05, 0) is 43.9 Å². The average Bonchev–Trinajstić information content (AvgIpc) is 2.35. The fourth-order valence-corrected chi connectivity index (χ4v) is 3.16. The van der Waals surface area contributed by atoms with Crippen LogP contribution in [0.2, 0.25) is 0 Å². The highest BCUT2D eigenvalue weighted by Gasteiger charge is 2.52. The van der Waals surface area contributed by atoms with Crippen molar-refractivity contribution in [3.05, 3.63) is 29.3 Å². The van der Waals surface area contributed by atoms with Gasteiger partial charge in [-0.3, -0.25) is 0 Å². The first-order chi connectivity index (χ1) is 8.53. The third kappa shape index (κ3) is 2.03. The van der Waals surface area contributed by atoms with E-state index in [2.05, 4.69) is 45.9 Å². The van der Waals surface area contributed by atoms with Crippen molar-refractivity contribution in [2.75, 3.05) is 0 Å². The summed E-state index contributed by atoms with van der Waals surface area (Å²) < 4.78 is 6.25. The molecule has 2 nitrogen and oxygen atoms in total. The second-order valence-electron chi connectivity index (χ2n) is 5.66. The molecule has 0 amide bonds. The van der Waals surface area contributed by atoms with Crippen LogP contribution < -0.4 is 10.5 Å². The van der Waals surface area contributed by atoms with Crippen LogP contribution in [0.1, 0.15) is 44.2 Å². The van der Waals surface area contributed by atoms with Crippen LogP contribution in [0, 0.1) is 19.3 Å². The molecule has 2 rings (SSSR count). The number of hydrogen-bond acceptors (Lipinski definition) is 2. The summed E-state index contributed by atoms with van der Waals surface area (Å²) in [5.41, 5.74) is 8.85. The van der Waals surface area contributed by atoms with Gasteiger partial charge < -0.3 is 10.5 Å². The van der Waals surface area contributed by atoms with Gasteiger partial charge in [0.15, 0.2) is 0 Å². The van der Waals surface area contributed by atoms with E-state index in [4.69, 9.17) is 10.5 Å². The van der Waals surface area contributed by atoms with Gasteiger partial charge in [0, 0.05) is 17.9 Å². The summed E-state index contributed by atoms with van der Waals surface area (Å²) in [6.07, 6.45) is 3.46. The minimum Gasteiger partial charge on any atom is -0.489 e. The Bertz CT molecular complexity index is 423. The Hall–Kier alpha value is -1.02. The van der Waals surface area contributed by atoms with Crippen LogP contribution in [0.5, 0.6) is 5.75 Å². The lowest BCUT2D eigenvalue weighted by Crippen LogP contribution is -2.63. The van der Waals surface area contributed by atoms with Crippen molar-refractivity contribution >= 4 is 0 Å². The Balaban J connectivity index is 2.17. The summed E-state index contributed by atoms with van der Waals surface area (Å²) in [5, 5.41) is 0. The monoisotopic (exact) mass is 247 g/mol. The van der Waals surface area contributed by atoms with Crippen LogP contribution in [0.3, 0.4) is 0 Å². The van der Waals surface area contributed by atoms with E-state index in [9.17, 15) is 0 Å². The molecule has 0 aromatic heterocycles. The zero-order valence-corrected chi connectivity index (χ0v) is 12.0. The fourth-order valence-electron chi connectivity index (χ4n) is 3.16. The molecule has 1 saturated carbocycles. The van der Waals surface area contributed by atoms with E-state index < -0.39 is 0 Å². The van der Waals surface area contributed by atoms with Crippen molar-refractivity contribution in [1.82, 2.24) is 0 Å². The van der Waals surface area contributed by atoms with Gasteiger partial charge in [-0.1, -0.05) is 26.0 Å². The molecule has 1 fully saturated rings. The van der Waals surface area contributed by atoms with Crippen LogP contribution in [0.4, 0.5) is 0 Å². The predicted molar refractivity (Wildman–Crippen MR) is 75.9 cm³/mol. The Morgan fingerprint density at radius 3 is 2.50 bits per heavy atom. The first-order valence-electron chi connectivity index (χ1n) is 7.03. The van der Waals surface area contributed by atoms with Crippen molar-refractivity contribution < 1.29 is 4.74 Å². The number of nitrogens with two attached hydrogens (primary N) is 1. The van der Waals surface area contributed by atoms with Crippen LogP contribution >= 0.6 is 0 Å². The Labute approximate surface area is 111 Å². The molecular weight excluding hydrogens is 222 g/mol. The van der Waals surface area contributed by atoms with Gasteiger partial charge in [0.25, 0.3) is 0 Å². The molecule has 0 spiro atoms. The van der Waals surface area contributed by atoms with E-state index in [1.807, 2.05) is 0 Å². The van der Waals surface area contributed by atoms with E-state index in [0.717, 1.165) is 25.0 Å². The lowest BCUT2D eigenvalue weighted by molar-refractivity contribution is -0.0725. The zero-order valence-electron chi connectivity index (χ0n) is 12.0. The van der Waals surface area contributed by atoms with Crippen molar-refractivity contribution in [3.8, 4) is 5.75 Å². The molecule has 2 heteroatoms. The second-order valence-corrected chi connectivity index (χ2v) is 5.66. The minimum absolute atomic E-state index is 0.177. The normalized spacial score (nSPS) is 25.6. The van der Waals surface area contributed by atoms with Crippen LogP contribution in [0.15, 0.2) is 18.2 Å². The molecule has 1 aromatic rings. The molecule has 1 aromatic carbocycles. The van der Waals surface area contributed by atoms with E-state index in [1.54, 1.807) is 0 Å². The summed E-state index contributed by atoms with van der Waals surface area (Å²) in [4.78, 5) is 0. The average molecular weight is 247 g/mol. The standard InChI is InChI=1S/C16H25NO/c1-5-16(6-2)14(17)10-15(16)18-13-9-11(3)7-8-12(13)4/h7-9,14-15H,5-6,10,17H2,1-4H3. The quantitative estimate of drug-likeness (QED) is 0.882. The summed E-state index contributed by atoms with van der Waals surface area (Å²) >= 11 is 0. The molecule has 1 aliphatic rings. The highest BCUT2D eigenvalue weighted by molar-refractivity contribution is 5.36. The third-order valence-electron chi connectivity index (χ3n) is 4.78. The molecule has 2 N–H and O–H groups in total. The molecule has 0 bridgehead atoms. The van der Waals surface area contributed by atoms with Gasteiger partial charge in [0.05, 0.1) is 0 Å². The molecule has 1 aliphatic carbocycles. The number of aryl methyl sites for hydroxylation is 2. The largest absolute Gasteiger partial charge is 0.489 e. The predicted octanol–water partition coefficient (Wildman–Crippen LogP) is 3.59.